The number of hydrogen-bond donors (Lipinski definition) is 2. The number of hydrogen-bond acceptors (Lipinski definition) is 4. The van der Waals surface area contributed by atoms with Crippen LogP contribution in [0, 0.1) is 0 Å². The van der Waals surface area contributed by atoms with E-state index in [-0.39, 0.29) is 18.4 Å². The summed E-state index contributed by atoms with van der Waals surface area (Å²) in [6.45, 7) is 4.91. The van der Waals surface area contributed by atoms with Crippen LogP contribution in [0.5, 0.6) is 11.5 Å². The van der Waals surface area contributed by atoms with Crippen LogP contribution in [-0.2, 0) is 9.59 Å². The van der Waals surface area contributed by atoms with Crippen LogP contribution < -0.4 is 20.1 Å². The van der Waals surface area contributed by atoms with Crippen molar-refractivity contribution in [1.29, 1.82) is 0 Å². The number of carbonyl (C=O) groups is 2. The molecule has 0 bridgehead atoms. The van der Waals surface area contributed by atoms with Crippen molar-refractivity contribution in [3.8, 4) is 11.5 Å². The number of halogens is 1. The van der Waals surface area contributed by atoms with Gasteiger partial charge in [0, 0.05) is 16.8 Å². The molecule has 2 amide bonds. The second-order valence-electron chi connectivity index (χ2n) is 6.09. The number of ether oxygens (including phenoxy) is 2. The molecule has 0 spiro atoms. The maximum absolute atomic E-state index is 12.0. The molecule has 2 aromatic carbocycles. The van der Waals surface area contributed by atoms with Crippen molar-refractivity contribution in [2.24, 2.45) is 0 Å². The van der Waals surface area contributed by atoms with E-state index in [2.05, 4.69) is 10.6 Å². The van der Waals surface area contributed by atoms with Gasteiger partial charge in [0.2, 0.25) is 11.8 Å². The standard InChI is InChI=1S/C22H25ClN2O4/c1-3-13-29-19-11-5-16(14-20(19)28-4-2)6-12-21(26)24-15-22(27)25-18-9-7-17(23)8-10-18/h5-12,14H,3-4,13,15H2,1-2H3,(H,24,26)(H,25,27)/b12-6+. The molecular formula is C22H25ClN2O4. The molecule has 0 unspecified atom stereocenters. The van der Waals surface area contributed by atoms with Crippen LogP contribution in [-0.4, -0.2) is 31.6 Å². The van der Waals surface area contributed by atoms with Crippen molar-refractivity contribution in [1.82, 2.24) is 5.32 Å². The van der Waals surface area contributed by atoms with E-state index >= 15 is 0 Å². The van der Waals surface area contributed by atoms with E-state index in [1.54, 1.807) is 30.3 Å². The molecule has 0 heterocycles. The topological polar surface area (TPSA) is 76.7 Å². The minimum absolute atomic E-state index is 0.139. The minimum Gasteiger partial charge on any atom is -0.490 e. The lowest BCUT2D eigenvalue weighted by Crippen LogP contribution is -2.31. The first kappa shape index (κ1) is 22.3. The average Bonchev–Trinajstić information content (AvgIpc) is 2.72. The first-order chi connectivity index (χ1) is 14.0. The van der Waals surface area contributed by atoms with E-state index in [1.807, 2.05) is 32.0 Å². The van der Waals surface area contributed by atoms with Gasteiger partial charge >= 0.3 is 0 Å². The van der Waals surface area contributed by atoms with Crippen LogP contribution in [0.2, 0.25) is 5.02 Å². The molecule has 2 N–H and O–H groups in total. The van der Waals surface area contributed by atoms with E-state index in [0.717, 1.165) is 12.0 Å². The highest BCUT2D eigenvalue weighted by atomic mass is 35.5. The van der Waals surface area contributed by atoms with Crippen LogP contribution >= 0.6 is 11.6 Å². The Morgan fingerprint density at radius 1 is 1.03 bits per heavy atom. The summed E-state index contributed by atoms with van der Waals surface area (Å²) in [4.78, 5) is 23.9. The summed E-state index contributed by atoms with van der Waals surface area (Å²) in [5.41, 5.74) is 1.40. The fraction of sp³-hybridized carbons (Fsp3) is 0.273. The lowest BCUT2D eigenvalue weighted by molar-refractivity contribution is -0.121. The second kappa shape index (κ2) is 11.8. The van der Waals surface area contributed by atoms with E-state index in [1.165, 1.54) is 6.08 Å². The fourth-order valence-electron chi connectivity index (χ4n) is 2.36. The largest absolute Gasteiger partial charge is 0.490 e. The molecule has 154 valence electrons. The highest BCUT2D eigenvalue weighted by Gasteiger charge is 2.07. The van der Waals surface area contributed by atoms with Crippen molar-refractivity contribution in [3.05, 3.63) is 59.1 Å². The van der Waals surface area contributed by atoms with Crippen molar-refractivity contribution in [2.75, 3.05) is 25.1 Å². The number of nitrogens with one attached hydrogen (secondary N) is 2. The van der Waals surface area contributed by atoms with E-state index in [0.29, 0.717) is 35.4 Å². The van der Waals surface area contributed by atoms with Gasteiger partial charge in [-0.25, -0.2) is 0 Å². The van der Waals surface area contributed by atoms with Crippen LogP contribution in [0.1, 0.15) is 25.8 Å². The quantitative estimate of drug-likeness (QED) is 0.566. The molecule has 0 aliphatic rings. The molecule has 0 aliphatic heterocycles. The third-order valence-corrected chi connectivity index (χ3v) is 3.96. The van der Waals surface area contributed by atoms with Crippen molar-refractivity contribution in [2.45, 2.75) is 20.3 Å². The molecule has 6 nitrogen and oxygen atoms in total. The summed E-state index contributed by atoms with van der Waals surface area (Å²) in [7, 11) is 0. The Morgan fingerprint density at radius 3 is 2.48 bits per heavy atom. The zero-order valence-electron chi connectivity index (χ0n) is 16.5. The maximum atomic E-state index is 12.0. The van der Waals surface area contributed by atoms with Gasteiger partial charge in [-0.1, -0.05) is 24.6 Å². The average molecular weight is 417 g/mol. The third-order valence-electron chi connectivity index (χ3n) is 3.71. The van der Waals surface area contributed by atoms with Gasteiger partial charge < -0.3 is 20.1 Å². The molecule has 0 atom stereocenters. The predicted octanol–water partition coefficient (Wildman–Crippen LogP) is 4.30. The number of carbonyl (C=O) groups excluding carboxylic acids is 2. The summed E-state index contributed by atoms with van der Waals surface area (Å²) in [6.07, 6.45) is 3.92. The van der Waals surface area contributed by atoms with Gasteiger partial charge in [0.15, 0.2) is 11.5 Å². The van der Waals surface area contributed by atoms with Gasteiger partial charge in [-0.15, -0.1) is 0 Å². The number of benzene rings is 2. The van der Waals surface area contributed by atoms with Gasteiger partial charge in [0.05, 0.1) is 19.8 Å². The summed E-state index contributed by atoms with van der Waals surface area (Å²) in [5, 5.41) is 5.80. The Labute approximate surface area is 175 Å². The van der Waals surface area contributed by atoms with Crippen LogP contribution in [0.25, 0.3) is 6.08 Å². The zero-order chi connectivity index (χ0) is 21.1. The Bertz CT molecular complexity index is 850. The van der Waals surface area contributed by atoms with Gasteiger partial charge in [-0.05, 0) is 61.4 Å². The monoisotopic (exact) mass is 416 g/mol. The molecule has 0 saturated carbocycles. The second-order valence-corrected chi connectivity index (χ2v) is 6.53. The molecule has 2 rings (SSSR count). The van der Waals surface area contributed by atoms with Crippen LogP contribution in [0.3, 0.4) is 0 Å². The fourth-order valence-corrected chi connectivity index (χ4v) is 2.49. The third kappa shape index (κ3) is 7.87. The summed E-state index contributed by atoms with van der Waals surface area (Å²) < 4.78 is 11.3. The van der Waals surface area contributed by atoms with Crippen molar-refractivity contribution in [3.63, 3.8) is 0 Å². The summed E-state index contributed by atoms with van der Waals surface area (Å²) >= 11 is 5.80. The lowest BCUT2D eigenvalue weighted by atomic mass is 10.2. The molecule has 29 heavy (non-hydrogen) atoms. The molecule has 7 heteroatoms. The normalized spacial score (nSPS) is 10.6. The summed E-state index contributed by atoms with van der Waals surface area (Å²) in [5.74, 6) is 0.602. The molecule has 0 saturated heterocycles. The number of amides is 2. The number of rotatable bonds is 10. The smallest absolute Gasteiger partial charge is 0.244 e. The van der Waals surface area contributed by atoms with E-state index in [9.17, 15) is 9.59 Å². The van der Waals surface area contributed by atoms with E-state index < -0.39 is 0 Å². The SMILES string of the molecule is CCCOc1ccc(/C=C/C(=O)NCC(=O)Nc2ccc(Cl)cc2)cc1OCC. The first-order valence-electron chi connectivity index (χ1n) is 9.42. The molecule has 0 aliphatic carbocycles. The van der Waals surface area contributed by atoms with Crippen LogP contribution in [0.15, 0.2) is 48.5 Å². The zero-order valence-corrected chi connectivity index (χ0v) is 17.3. The van der Waals surface area contributed by atoms with Crippen molar-refractivity contribution < 1.29 is 19.1 Å². The molecule has 2 aromatic rings. The minimum atomic E-state index is -0.375. The highest BCUT2D eigenvalue weighted by molar-refractivity contribution is 6.30. The van der Waals surface area contributed by atoms with Gasteiger partial charge in [-0.3, -0.25) is 9.59 Å². The molecule has 0 radical (unpaired) electrons. The van der Waals surface area contributed by atoms with Gasteiger partial charge in [0.1, 0.15) is 0 Å². The van der Waals surface area contributed by atoms with Gasteiger partial charge in [-0.2, -0.15) is 0 Å². The van der Waals surface area contributed by atoms with Gasteiger partial charge in [0.25, 0.3) is 0 Å². The Kier molecular flexibility index (Phi) is 9.05. The van der Waals surface area contributed by atoms with Crippen LogP contribution in [0.4, 0.5) is 5.69 Å². The molecular weight excluding hydrogens is 392 g/mol. The summed E-state index contributed by atoms with van der Waals surface area (Å²) in [6, 6.07) is 12.2. The number of anilines is 1. The maximum Gasteiger partial charge on any atom is 0.244 e. The van der Waals surface area contributed by atoms with Crippen molar-refractivity contribution >= 4 is 35.2 Å². The Balaban J connectivity index is 1.88. The lowest BCUT2D eigenvalue weighted by Gasteiger charge is -2.12. The highest BCUT2D eigenvalue weighted by Crippen LogP contribution is 2.29. The van der Waals surface area contributed by atoms with E-state index in [4.69, 9.17) is 21.1 Å². The predicted molar refractivity (Wildman–Crippen MR) is 116 cm³/mol. The molecule has 0 aromatic heterocycles. The molecule has 0 fully saturated rings. The first-order valence-corrected chi connectivity index (χ1v) is 9.80. The Morgan fingerprint density at radius 2 is 1.79 bits per heavy atom. The Hall–Kier alpha value is -2.99.